The van der Waals surface area contributed by atoms with Gasteiger partial charge in [0, 0.05) is 5.92 Å². The minimum atomic E-state index is 0.514. The number of hydrogen-bond donors (Lipinski definition) is 0. The lowest BCUT2D eigenvalue weighted by Gasteiger charge is -2.31. The van der Waals surface area contributed by atoms with Crippen molar-refractivity contribution in [1.29, 1.82) is 0 Å². The summed E-state index contributed by atoms with van der Waals surface area (Å²) >= 11 is 0. The van der Waals surface area contributed by atoms with Crippen LogP contribution in [0, 0.1) is 5.92 Å². The topological polar surface area (TPSA) is 0 Å². The van der Waals surface area contributed by atoms with E-state index in [4.69, 9.17) is 0 Å². The molecule has 0 unspecified atom stereocenters. The van der Waals surface area contributed by atoms with E-state index in [1.807, 2.05) is 0 Å². The molecule has 3 aliphatic carbocycles. The van der Waals surface area contributed by atoms with Crippen molar-refractivity contribution in [3.63, 3.8) is 0 Å². The maximum atomic E-state index is 2.27. The average Bonchev–Trinajstić information content (AvgIpc) is 2.30. The normalized spacial score (nSPS) is 26.3. The molecule has 0 fully saturated rings. The van der Waals surface area contributed by atoms with Gasteiger partial charge in [0.1, 0.15) is 0 Å². The van der Waals surface area contributed by atoms with Crippen LogP contribution in [0.4, 0.5) is 0 Å². The molecule has 0 aromatic rings. The Hall–Kier alpha value is -1.56. The summed E-state index contributed by atoms with van der Waals surface area (Å²) in [5, 5.41) is 0. The van der Waals surface area contributed by atoms with Gasteiger partial charge in [0.15, 0.2) is 0 Å². The summed E-state index contributed by atoms with van der Waals surface area (Å²) in [6, 6.07) is 0. The van der Waals surface area contributed by atoms with Crippen molar-refractivity contribution < 1.29 is 0 Å². The first kappa shape index (κ1) is 8.72. The predicted molar refractivity (Wildman–Crippen MR) is 64.4 cm³/mol. The number of hydrogen-bond acceptors (Lipinski definition) is 0. The Morgan fingerprint density at radius 1 is 0.933 bits per heavy atom. The van der Waals surface area contributed by atoms with Gasteiger partial charge in [-0.1, -0.05) is 55.5 Å². The fraction of sp³-hybridized carbons (Fsp3) is 0.200. The quantitative estimate of drug-likeness (QED) is 0.594. The first-order valence-corrected chi connectivity index (χ1v) is 5.58. The van der Waals surface area contributed by atoms with E-state index >= 15 is 0 Å². The summed E-state index contributed by atoms with van der Waals surface area (Å²) in [6.45, 7) is 2.23. The van der Waals surface area contributed by atoms with Crippen LogP contribution in [0.15, 0.2) is 70.9 Å². The lowest BCUT2D eigenvalue weighted by atomic mass is 9.73. The second-order valence-corrected chi connectivity index (χ2v) is 4.15. The van der Waals surface area contributed by atoms with E-state index in [0.717, 1.165) is 6.42 Å². The molecule has 74 valence electrons. The van der Waals surface area contributed by atoms with E-state index in [2.05, 4.69) is 55.5 Å². The SMILES string of the molecule is CCC1=CC=C2C=CC=C3C=CC=C1[C@H]32. The van der Waals surface area contributed by atoms with E-state index < -0.39 is 0 Å². The van der Waals surface area contributed by atoms with Crippen molar-refractivity contribution >= 4 is 0 Å². The third-order valence-electron chi connectivity index (χ3n) is 3.35. The molecule has 0 saturated heterocycles. The van der Waals surface area contributed by atoms with Crippen LogP contribution in [0.25, 0.3) is 0 Å². The lowest BCUT2D eigenvalue weighted by Crippen LogP contribution is -2.17. The standard InChI is InChI=1S/C15H14/c1-2-11-9-10-13-6-3-5-12-7-4-8-14(11)15(12)13/h3-10,15H,2H2,1H3/t15-/m1/s1. The van der Waals surface area contributed by atoms with Gasteiger partial charge in [-0.3, -0.25) is 0 Å². The molecule has 0 aliphatic heterocycles. The molecule has 0 bridgehead atoms. The highest BCUT2D eigenvalue weighted by molar-refractivity contribution is 5.60. The molecule has 0 amide bonds. The first-order chi connectivity index (χ1) is 7.40. The van der Waals surface area contributed by atoms with E-state index in [1.165, 1.54) is 22.3 Å². The molecule has 15 heavy (non-hydrogen) atoms. The minimum Gasteiger partial charge on any atom is -0.0617 e. The molecule has 0 N–H and O–H groups in total. The van der Waals surface area contributed by atoms with Gasteiger partial charge >= 0.3 is 0 Å². The van der Waals surface area contributed by atoms with Crippen molar-refractivity contribution in [3.05, 3.63) is 70.9 Å². The Kier molecular flexibility index (Phi) is 1.88. The number of rotatable bonds is 1. The van der Waals surface area contributed by atoms with Gasteiger partial charge in [-0.25, -0.2) is 0 Å². The third kappa shape index (κ3) is 1.21. The molecule has 0 radical (unpaired) electrons. The van der Waals surface area contributed by atoms with Gasteiger partial charge in [0.2, 0.25) is 0 Å². The molecule has 0 aromatic heterocycles. The highest BCUT2D eigenvalue weighted by atomic mass is 14.3. The lowest BCUT2D eigenvalue weighted by molar-refractivity contribution is 0.838. The highest BCUT2D eigenvalue weighted by Gasteiger charge is 2.27. The summed E-state index contributed by atoms with van der Waals surface area (Å²) in [5.74, 6) is 0.514. The molecule has 0 saturated carbocycles. The maximum absolute atomic E-state index is 2.27. The van der Waals surface area contributed by atoms with Crippen molar-refractivity contribution in [2.45, 2.75) is 13.3 Å². The fourth-order valence-corrected chi connectivity index (χ4v) is 2.58. The van der Waals surface area contributed by atoms with E-state index in [9.17, 15) is 0 Å². The minimum absolute atomic E-state index is 0.514. The summed E-state index contributed by atoms with van der Waals surface area (Å²) in [6.07, 6.45) is 18.9. The van der Waals surface area contributed by atoms with Crippen molar-refractivity contribution in [2.75, 3.05) is 0 Å². The Bertz CT molecular complexity index is 476. The van der Waals surface area contributed by atoms with Crippen LogP contribution in [0.2, 0.25) is 0 Å². The predicted octanol–water partition coefficient (Wildman–Crippen LogP) is 3.87. The van der Waals surface area contributed by atoms with Crippen LogP contribution in [0.5, 0.6) is 0 Å². The second kappa shape index (κ2) is 3.23. The molecule has 1 atom stereocenters. The van der Waals surface area contributed by atoms with Crippen LogP contribution < -0.4 is 0 Å². The van der Waals surface area contributed by atoms with Gasteiger partial charge in [-0.15, -0.1) is 0 Å². The molecule has 0 nitrogen and oxygen atoms in total. The maximum Gasteiger partial charge on any atom is 0.0342 e. The molecule has 0 heteroatoms. The Morgan fingerprint density at radius 3 is 2.47 bits per heavy atom. The summed E-state index contributed by atoms with van der Waals surface area (Å²) in [5.41, 5.74) is 5.84. The van der Waals surface area contributed by atoms with Crippen LogP contribution in [0.1, 0.15) is 13.3 Å². The molecule has 0 spiro atoms. The molecule has 0 heterocycles. The first-order valence-electron chi connectivity index (χ1n) is 5.58. The zero-order chi connectivity index (χ0) is 10.3. The average molecular weight is 194 g/mol. The van der Waals surface area contributed by atoms with E-state index in [-0.39, 0.29) is 0 Å². The van der Waals surface area contributed by atoms with Gasteiger partial charge in [0.25, 0.3) is 0 Å². The van der Waals surface area contributed by atoms with Gasteiger partial charge in [0.05, 0.1) is 0 Å². The monoisotopic (exact) mass is 194 g/mol. The van der Waals surface area contributed by atoms with Crippen LogP contribution >= 0.6 is 0 Å². The molecular formula is C15H14. The Balaban J connectivity index is 2.19. The zero-order valence-corrected chi connectivity index (χ0v) is 8.90. The fourth-order valence-electron chi connectivity index (χ4n) is 2.58. The van der Waals surface area contributed by atoms with Crippen molar-refractivity contribution in [3.8, 4) is 0 Å². The summed E-state index contributed by atoms with van der Waals surface area (Å²) in [4.78, 5) is 0. The number of allylic oxidation sites excluding steroid dienone is 12. The largest absolute Gasteiger partial charge is 0.0617 e. The smallest absolute Gasteiger partial charge is 0.0342 e. The van der Waals surface area contributed by atoms with Crippen LogP contribution in [0.3, 0.4) is 0 Å². The van der Waals surface area contributed by atoms with Crippen LogP contribution in [-0.4, -0.2) is 0 Å². The summed E-state index contributed by atoms with van der Waals surface area (Å²) < 4.78 is 0. The molecular weight excluding hydrogens is 180 g/mol. The summed E-state index contributed by atoms with van der Waals surface area (Å²) in [7, 11) is 0. The van der Waals surface area contributed by atoms with Crippen LogP contribution in [-0.2, 0) is 0 Å². The Morgan fingerprint density at radius 2 is 1.67 bits per heavy atom. The second-order valence-electron chi connectivity index (χ2n) is 4.15. The van der Waals surface area contributed by atoms with Crippen molar-refractivity contribution in [2.24, 2.45) is 5.92 Å². The molecule has 3 aliphatic rings. The van der Waals surface area contributed by atoms with Crippen molar-refractivity contribution in [1.82, 2.24) is 0 Å². The zero-order valence-electron chi connectivity index (χ0n) is 8.90. The third-order valence-corrected chi connectivity index (χ3v) is 3.35. The Labute approximate surface area is 90.7 Å². The van der Waals surface area contributed by atoms with Gasteiger partial charge in [-0.05, 0) is 28.7 Å². The highest BCUT2D eigenvalue weighted by Crippen LogP contribution is 2.42. The van der Waals surface area contributed by atoms with Gasteiger partial charge < -0.3 is 0 Å². The van der Waals surface area contributed by atoms with E-state index in [0.29, 0.717) is 5.92 Å². The van der Waals surface area contributed by atoms with Gasteiger partial charge in [-0.2, -0.15) is 0 Å². The molecule has 3 rings (SSSR count). The van der Waals surface area contributed by atoms with E-state index in [1.54, 1.807) is 0 Å². The molecule has 0 aromatic carbocycles.